The molecule has 3 rings (SSSR count). The van der Waals surface area contributed by atoms with E-state index >= 15 is 0 Å². The maximum atomic E-state index is 13.1. The number of piperazine rings is 1. The van der Waals surface area contributed by atoms with E-state index < -0.39 is 10.8 Å². The van der Waals surface area contributed by atoms with Crippen molar-refractivity contribution in [1.82, 2.24) is 19.6 Å². The fourth-order valence-electron chi connectivity index (χ4n) is 2.91. The van der Waals surface area contributed by atoms with Gasteiger partial charge >= 0.3 is 5.69 Å². The third kappa shape index (κ3) is 3.83. The van der Waals surface area contributed by atoms with Crippen LogP contribution in [0.15, 0.2) is 24.4 Å². The van der Waals surface area contributed by atoms with Crippen LogP contribution < -0.4 is 0 Å². The van der Waals surface area contributed by atoms with E-state index in [1.165, 1.54) is 30.1 Å². The molecule has 0 radical (unpaired) electrons. The van der Waals surface area contributed by atoms with Crippen LogP contribution in [-0.2, 0) is 13.6 Å². The van der Waals surface area contributed by atoms with Crippen molar-refractivity contribution in [2.45, 2.75) is 6.54 Å². The molecule has 1 amide bonds. The van der Waals surface area contributed by atoms with Gasteiger partial charge < -0.3 is 4.90 Å². The Morgan fingerprint density at radius 1 is 1.35 bits per heavy atom. The number of hydrogen-bond donors (Lipinski definition) is 0. The Morgan fingerprint density at radius 2 is 2.04 bits per heavy atom. The van der Waals surface area contributed by atoms with Gasteiger partial charge in [0, 0.05) is 44.8 Å². The highest BCUT2D eigenvalue weighted by Crippen LogP contribution is 2.21. The molecule has 0 atom stereocenters. The van der Waals surface area contributed by atoms with Gasteiger partial charge in [-0.1, -0.05) is 17.7 Å². The molecule has 10 heteroatoms. The Hall–Kier alpha value is -2.52. The summed E-state index contributed by atoms with van der Waals surface area (Å²) in [5.74, 6) is -0.831. The normalized spacial score (nSPS) is 15.3. The molecule has 26 heavy (non-hydrogen) atoms. The van der Waals surface area contributed by atoms with Crippen LogP contribution >= 0.6 is 11.6 Å². The predicted octanol–water partition coefficient (Wildman–Crippen LogP) is 2.08. The summed E-state index contributed by atoms with van der Waals surface area (Å²) in [7, 11) is 1.54. The molecule has 2 aromatic rings. The van der Waals surface area contributed by atoms with E-state index in [0.717, 1.165) is 5.56 Å². The van der Waals surface area contributed by atoms with Crippen molar-refractivity contribution in [2.75, 3.05) is 26.2 Å². The van der Waals surface area contributed by atoms with Gasteiger partial charge in [-0.25, -0.2) is 4.39 Å². The molecule has 138 valence electrons. The average Bonchev–Trinajstić information content (AvgIpc) is 2.99. The topological polar surface area (TPSA) is 84.5 Å². The number of carbonyl (C=O) groups is 1. The number of halogens is 2. The zero-order valence-electron chi connectivity index (χ0n) is 14.1. The van der Waals surface area contributed by atoms with Crippen LogP contribution in [0.5, 0.6) is 0 Å². The van der Waals surface area contributed by atoms with Crippen molar-refractivity contribution in [2.24, 2.45) is 7.05 Å². The Morgan fingerprint density at radius 3 is 2.65 bits per heavy atom. The van der Waals surface area contributed by atoms with Crippen LogP contribution in [0, 0.1) is 15.9 Å². The summed E-state index contributed by atoms with van der Waals surface area (Å²) < 4.78 is 14.4. The minimum atomic E-state index is -0.604. The molecule has 1 saturated heterocycles. The lowest BCUT2D eigenvalue weighted by Crippen LogP contribution is -2.48. The third-order valence-electron chi connectivity index (χ3n) is 4.28. The minimum absolute atomic E-state index is 0.146. The molecule has 0 aliphatic carbocycles. The molecular weight excluding hydrogens is 365 g/mol. The molecule has 0 bridgehead atoms. The number of carbonyl (C=O) groups excluding carboxylic acids is 1. The van der Waals surface area contributed by atoms with Crippen molar-refractivity contribution < 1.29 is 14.1 Å². The zero-order valence-corrected chi connectivity index (χ0v) is 14.8. The summed E-state index contributed by atoms with van der Waals surface area (Å²) in [6.07, 6.45) is 1.22. The van der Waals surface area contributed by atoms with Gasteiger partial charge in [-0.15, -0.1) is 0 Å². The highest BCUT2D eigenvalue weighted by atomic mass is 35.5. The van der Waals surface area contributed by atoms with Crippen molar-refractivity contribution in [3.8, 4) is 0 Å². The largest absolute Gasteiger partial charge is 0.334 e. The molecule has 1 aliphatic rings. The second-order valence-corrected chi connectivity index (χ2v) is 6.51. The highest BCUT2D eigenvalue weighted by Gasteiger charge is 2.30. The second kappa shape index (κ2) is 7.38. The van der Waals surface area contributed by atoms with Gasteiger partial charge in [0.1, 0.15) is 12.0 Å². The monoisotopic (exact) mass is 381 g/mol. The first-order chi connectivity index (χ1) is 12.3. The average molecular weight is 382 g/mol. The molecule has 0 saturated carbocycles. The van der Waals surface area contributed by atoms with E-state index in [4.69, 9.17) is 11.6 Å². The summed E-state index contributed by atoms with van der Waals surface area (Å²) in [5, 5.41) is 15.4. The fraction of sp³-hybridized carbons (Fsp3) is 0.375. The first kappa shape index (κ1) is 18.3. The van der Waals surface area contributed by atoms with Crippen molar-refractivity contribution in [3.05, 3.63) is 56.6 Å². The predicted molar refractivity (Wildman–Crippen MR) is 92.5 cm³/mol. The van der Waals surface area contributed by atoms with Crippen LogP contribution in [0.3, 0.4) is 0 Å². The number of amides is 1. The van der Waals surface area contributed by atoms with Gasteiger partial charge in [0.2, 0.25) is 5.69 Å². The molecule has 1 aromatic carbocycles. The van der Waals surface area contributed by atoms with E-state index in [0.29, 0.717) is 37.7 Å². The van der Waals surface area contributed by atoms with Crippen LogP contribution in [0.1, 0.15) is 16.1 Å². The van der Waals surface area contributed by atoms with Crippen molar-refractivity contribution in [1.29, 1.82) is 0 Å². The van der Waals surface area contributed by atoms with Gasteiger partial charge in [0.15, 0.2) is 0 Å². The zero-order chi connectivity index (χ0) is 18.8. The second-order valence-electron chi connectivity index (χ2n) is 6.10. The van der Waals surface area contributed by atoms with E-state index in [2.05, 4.69) is 10.00 Å². The molecule has 1 fully saturated rings. The Bertz CT molecular complexity index is 848. The Balaban J connectivity index is 1.63. The summed E-state index contributed by atoms with van der Waals surface area (Å²) in [4.78, 5) is 26.7. The quantitative estimate of drug-likeness (QED) is 0.598. The SMILES string of the molecule is Cn1cc([N+](=O)[O-])c(C(=O)N2CCN(Cc3ccc(F)cc3Cl)CC2)n1. The lowest BCUT2D eigenvalue weighted by molar-refractivity contribution is -0.385. The third-order valence-corrected chi connectivity index (χ3v) is 4.63. The van der Waals surface area contributed by atoms with Gasteiger partial charge in [-0.3, -0.25) is 24.5 Å². The molecule has 0 spiro atoms. The molecule has 0 unspecified atom stereocenters. The molecule has 0 N–H and O–H groups in total. The number of benzene rings is 1. The fourth-order valence-corrected chi connectivity index (χ4v) is 3.14. The maximum absolute atomic E-state index is 13.1. The van der Waals surface area contributed by atoms with Gasteiger partial charge in [-0.2, -0.15) is 5.10 Å². The number of aryl methyl sites for hydroxylation is 1. The summed E-state index contributed by atoms with van der Waals surface area (Å²) in [6, 6.07) is 4.28. The Labute approximate surface area is 153 Å². The number of hydrogen-bond acceptors (Lipinski definition) is 5. The van der Waals surface area contributed by atoms with Crippen molar-refractivity contribution >= 4 is 23.2 Å². The number of nitro groups is 1. The van der Waals surface area contributed by atoms with Crippen LogP contribution in [0.4, 0.5) is 10.1 Å². The lowest BCUT2D eigenvalue weighted by atomic mass is 10.2. The first-order valence-corrected chi connectivity index (χ1v) is 8.36. The highest BCUT2D eigenvalue weighted by molar-refractivity contribution is 6.31. The standard InChI is InChI=1S/C16H17ClFN5O3/c1-20-10-14(23(25)26)15(19-20)16(24)22-6-4-21(5-7-22)9-11-2-3-12(18)8-13(11)17/h2-3,8,10H,4-7,9H2,1H3. The summed E-state index contributed by atoms with van der Waals surface area (Å²) in [5.41, 5.74) is 0.374. The van der Waals surface area contributed by atoms with Gasteiger partial charge in [0.05, 0.1) is 4.92 Å². The smallest absolute Gasteiger partial charge is 0.320 e. The van der Waals surface area contributed by atoms with Crippen LogP contribution in [0.25, 0.3) is 0 Å². The van der Waals surface area contributed by atoms with Gasteiger partial charge in [0.25, 0.3) is 5.91 Å². The molecular formula is C16H17ClFN5O3. The molecule has 1 aromatic heterocycles. The first-order valence-electron chi connectivity index (χ1n) is 7.98. The molecule has 1 aliphatic heterocycles. The summed E-state index contributed by atoms with van der Waals surface area (Å²) in [6.45, 7) is 2.56. The van der Waals surface area contributed by atoms with E-state index in [-0.39, 0.29) is 17.2 Å². The van der Waals surface area contributed by atoms with Crippen LogP contribution in [-0.4, -0.2) is 56.6 Å². The van der Waals surface area contributed by atoms with E-state index in [1.807, 2.05) is 0 Å². The molecule has 8 nitrogen and oxygen atoms in total. The maximum Gasteiger partial charge on any atom is 0.320 e. The van der Waals surface area contributed by atoms with E-state index in [9.17, 15) is 19.3 Å². The number of rotatable bonds is 4. The lowest BCUT2D eigenvalue weighted by Gasteiger charge is -2.34. The number of nitrogens with zero attached hydrogens (tertiary/aromatic N) is 5. The Kier molecular flexibility index (Phi) is 5.19. The summed E-state index contributed by atoms with van der Waals surface area (Å²) >= 11 is 6.05. The number of aromatic nitrogens is 2. The van der Waals surface area contributed by atoms with Gasteiger partial charge in [-0.05, 0) is 17.7 Å². The van der Waals surface area contributed by atoms with Crippen LogP contribution in [0.2, 0.25) is 5.02 Å². The van der Waals surface area contributed by atoms with Crippen molar-refractivity contribution in [3.63, 3.8) is 0 Å². The van der Waals surface area contributed by atoms with E-state index in [1.54, 1.807) is 11.0 Å². The molecule has 2 heterocycles. The minimum Gasteiger partial charge on any atom is -0.334 e.